The van der Waals surface area contributed by atoms with Gasteiger partial charge in [-0.15, -0.1) is 11.3 Å². The van der Waals surface area contributed by atoms with Crippen molar-refractivity contribution in [3.05, 3.63) is 28.8 Å². The van der Waals surface area contributed by atoms with Crippen molar-refractivity contribution in [1.29, 1.82) is 0 Å². The number of ketones is 1. The number of rotatable bonds is 4. The van der Waals surface area contributed by atoms with Crippen LogP contribution in [0.15, 0.2) is 18.2 Å². The van der Waals surface area contributed by atoms with Gasteiger partial charge in [0.2, 0.25) is 5.88 Å². The number of Topliss-reactive ketones (excluding diaryl/α,β-unsaturated/α-hetero) is 1. The van der Waals surface area contributed by atoms with Crippen molar-refractivity contribution >= 4 is 23.1 Å². The Morgan fingerprint density at radius 3 is 2.58 bits per heavy atom. The Labute approximate surface area is 112 Å². The van der Waals surface area contributed by atoms with Crippen LogP contribution in [0.3, 0.4) is 0 Å². The molecule has 98 valence electrons. The number of carboxylic acids is 1. The van der Waals surface area contributed by atoms with Crippen molar-refractivity contribution in [2.45, 2.75) is 6.92 Å². The number of thiazole rings is 1. The molecule has 7 heteroatoms. The van der Waals surface area contributed by atoms with Gasteiger partial charge in [0.1, 0.15) is 15.6 Å². The summed E-state index contributed by atoms with van der Waals surface area (Å²) in [4.78, 5) is 30.7. The molecule has 0 fully saturated rings. The molecule has 0 atom stereocenters. The Kier molecular flexibility index (Phi) is 3.57. The second-order valence-corrected chi connectivity index (χ2v) is 4.62. The lowest BCUT2D eigenvalue weighted by Crippen LogP contribution is -2.03. The standard InChI is InChI=1S/C12H10N2O4S/c1-6(15)10-9(12(16)17)14-11(19-10)7-4-3-5-8(13-7)18-2/h3-5H,1-2H3,(H,16,17). The maximum Gasteiger partial charge on any atom is 0.356 e. The van der Waals surface area contributed by atoms with Crippen molar-refractivity contribution in [3.63, 3.8) is 0 Å². The van der Waals surface area contributed by atoms with Crippen LogP contribution >= 0.6 is 11.3 Å². The molecule has 2 heterocycles. The molecular formula is C12H10N2O4S. The second-order valence-electron chi connectivity index (χ2n) is 3.62. The minimum atomic E-state index is -1.23. The van der Waals surface area contributed by atoms with Gasteiger partial charge in [-0.25, -0.2) is 14.8 Å². The van der Waals surface area contributed by atoms with Crippen molar-refractivity contribution in [1.82, 2.24) is 9.97 Å². The molecule has 0 spiro atoms. The molecule has 0 aromatic carbocycles. The molecule has 0 aliphatic carbocycles. The van der Waals surface area contributed by atoms with E-state index in [1.165, 1.54) is 14.0 Å². The monoisotopic (exact) mass is 278 g/mol. The Morgan fingerprint density at radius 1 is 1.32 bits per heavy atom. The summed E-state index contributed by atoms with van der Waals surface area (Å²) in [7, 11) is 1.48. The van der Waals surface area contributed by atoms with Gasteiger partial charge in [-0.2, -0.15) is 0 Å². The summed E-state index contributed by atoms with van der Waals surface area (Å²) in [5.41, 5.74) is 0.233. The molecule has 0 bridgehead atoms. The first kappa shape index (κ1) is 13.2. The predicted octanol–water partition coefficient (Wildman–Crippen LogP) is 2.11. The number of aromatic carboxylic acids is 1. The van der Waals surface area contributed by atoms with Gasteiger partial charge in [-0.1, -0.05) is 6.07 Å². The first-order valence-electron chi connectivity index (χ1n) is 5.29. The number of carbonyl (C=O) groups is 2. The highest BCUT2D eigenvalue weighted by Gasteiger charge is 2.21. The summed E-state index contributed by atoms with van der Waals surface area (Å²) < 4.78 is 4.99. The van der Waals surface area contributed by atoms with E-state index in [0.717, 1.165) is 11.3 Å². The summed E-state index contributed by atoms with van der Waals surface area (Å²) in [5.74, 6) is -1.16. The molecule has 6 nitrogen and oxygen atoms in total. The molecule has 0 radical (unpaired) electrons. The fourth-order valence-electron chi connectivity index (χ4n) is 1.46. The largest absolute Gasteiger partial charge is 0.481 e. The first-order valence-corrected chi connectivity index (χ1v) is 6.11. The van der Waals surface area contributed by atoms with Gasteiger partial charge in [0.15, 0.2) is 11.5 Å². The van der Waals surface area contributed by atoms with Gasteiger partial charge < -0.3 is 9.84 Å². The van der Waals surface area contributed by atoms with Gasteiger partial charge in [-0.05, 0) is 6.07 Å². The van der Waals surface area contributed by atoms with Crippen LogP contribution in [0.25, 0.3) is 10.7 Å². The van der Waals surface area contributed by atoms with Crippen LogP contribution in [-0.2, 0) is 0 Å². The third kappa shape index (κ3) is 2.60. The molecule has 0 aliphatic heterocycles. The highest BCUT2D eigenvalue weighted by Crippen LogP contribution is 2.28. The van der Waals surface area contributed by atoms with E-state index in [1.54, 1.807) is 18.2 Å². The topological polar surface area (TPSA) is 89.4 Å². The number of carboxylic acid groups (broad SMARTS) is 1. The number of hydrogen-bond donors (Lipinski definition) is 1. The molecular weight excluding hydrogens is 268 g/mol. The summed E-state index contributed by atoms with van der Waals surface area (Å²) >= 11 is 1.01. The van der Waals surface area contributed by atoms with Gasteiger partial charge in [0.05, 0.1) is 7.11 Å². The zero-order valence-corrected chi connectivity index (χ0v) is 11.0. The molecule has 0 aliphatic rings. The van der Waals surface area contributed by atoms with Crippen LogP contribution in [0.1, 0.15) is 27.1 Å². The zero-order chi connectivity index (χ0) is 14.0. The van der Waals surface area contributed by atoms with Crippen LogP contribution in [-0.4, -0.2) is 33.9 Å². The number of nitrogens with zero attached hydrogens (tertiary/aromatic N) is 2. The van der Waals surface area contributed by atoms with Crippen molar-refractivity contribution in [2.24, 2.45) is 0 Å². The molecule has 0 saturated carbocycles. The van der Waals surface area contributed by atoms with Gasteiger partial charge in [0, 0.05) is 13.0 Å². The van der Waals surface area contributed by atoms with E-state index in [9.17, 15) is 9.59 Å². The fourth-order valence-corrected chi connectivity index (χ4v) is 2.38. The van der Waals surface area contributed by atoms with E-state index in [2.05, 4.69) is 9.97 Å². The van der Waals surface area contributed by atoms with Crippen LogP contribution in [0.4, 0.5) is 0 Å². The van der Waals surface area contributed by atoms with Gasteiger partial charge in [-0.3, -0.25) is 4.79 Å². The average Bonchev–Trinajstić information content (AvgIpc) is 2.84. The number of pyridine rings is 1. The van der Waals surface area contributed by atoms with Crippen molar-refractivity contribution in [2.75, 3.05) is 7.11 Å². The molecule has 0 amide bonds. The highest BCUT2D eigenvalue weighted by atomic mass is 32.1. The quantitative estimate of drug-likeness (QED) is 0.861. The minimum absolute atomic E-state index is 0.118. The van der Waals surface area contributed by atoms with Crippen LogP contribution in [0.5, 0.6) is 5.88 Å². The highest BCUT2D eigenvalue weighted by molar-refractivity contribution is 7.17. The van der Waals surface area contributed by atoms with Gasteiger partial charge in [0.25, 0.3) is 0 Å². The maximum absolute atomic E-state index is 11.4. The first-order chi connectivity index (χ1) is 9.02. The molecule has 19 heavy (non-hydrogen) atoms. The summed E-state index contributed by atoms with van der Waals surface area (Å²) in [5, 5.41) is 9.40. The van der Waals surface area contributed by atoms with Gasteiger partial charge >= 0.3 is 5.97 Å². The molecule has 2 rings (SSSR count). The SMILES string of the molecule is COc1cccc(-c2nc(C(=O)O)c(C(C)=O)s2)n1. The number of ether oxygens (including phenoxy) is 1. The lowest BCUT2D eigenvalue weighted by Gasteiger charge is -1.99. The predicted molar refractivity (Wildman–Crippen MR) is 68.9 cm³/mol. The van der Waals surface area contributed by atoms with Crippen molar-refractivity contribution in [3.8, 4) is 16.6 Å². The maximum atomic E-state index is 11.4. The number of methoxy groups -OCH3 is 1. The Balaban J connectivity index is 2.53. The Hall–Kier alpha value is -2.28. The summed E-state index contributed by atoms with van der Waals surface area (Å²) in [6.45, 7) is 1.31. The summed E-state index contributed by atoms with van der Waals surface area (Å²) in [6.07, 6.45) is 0. The van der Waals surface area contributed by atoms with E-state index < -0.39 is 5.97 Å². The molecule has 0 unspecified atom stereocenters. The number of carbonyl (C=O) groups excluding carboxylic acids is 1. The average molecular weight is 278 g/mol. The smallest absolute Gasteiger partial charge is 0.356 e. The van der Waals surface area contributed by atoms with E-state index in [1.807, 2.05) is 0 Å². The van der Waals surface area contributed by atoms with E-state index in [4.69, 9.17) is 9.84 Å². The minimum Gasteiger partial charge on any atom is -0.481 e. The number of hydrogen-bond acceptors (Lipinski definition) is 6. The third-order valence-electron chi connectivity index (χ3n) is 2.30. The third-order valence-corrected chi connectivity index (χ3v) is 3.48. The van der Waals surface area contributed by atoms with E-state index in [0.29, 0.717) is 16.6 Å². The fraction of sp³-hybridized carbons (Fsp3) is 0.167. The van der Waals surface area contributed by atoms with Crippen LogP contribution in [0, 0.1) is 0 Å². The second kappa shape index (κ2) is 5.15. The lowest BCUT2D eigenvalue weighted by atomic mass is 10.3. The molecule has 2 aromatic rings. The van der Waals surface area contributed by atoms with Crippen molar-refractivity contribution < 1.29 is 19.4 Å². The van der Waals surface area contributed by atoms with E-state index in [-0.39, 0.29) is 16.4 Å². The van der Waals surface area contributed by atoms with E-state index >= 15 is 0 Å². The van der Waals surface area contributed by atoms with Crippen LogP contribution in [0.2, 0.25) is 0 Å². The normalized spacial score (nSPS) is 10.2. The molecule has 0 saturated heterocycles. The number of aromatic nitrogens is 2. The molecule has 1 N–H and O–H groups in total. The summed E-state index contributed by atoms with van der Waals surface area (Å²) in [6, 6.07) is 5.06. The van der Waals surface area contributed by atoms with Crippen LogP contribution < -0.4 is 4.74 Å². The zero-order valence-electron chi connectivity index (χ0n) is 10.2. The lowest BCUT2D eigenvalue weighted by molar-refractivity contribution is 0.0687. The Bertz CT molecular complexity index is 619. The molecule has 2 aromatic heterocycles. The Morgan fingerprint density at radius 2 is 2.05 bits per heavy atom.